The van der Waals surface area contributed by atoms with E-state index < -0.39 is 38.6 Å². The second-order valence-electron chi connectivity index (χ2n) is 10.6. The molecule has 0 heterocycles. The van der Waals surface area contributed by atoms with Crippen LogP contribution in [0, 0.1) is 0 Å². The van der Waals surface area contributed by atoms with Crippen molar-refractivity contribution in [2.45, 2.75) is 135 Å². The smallest absolute Gasteiger partial charge is 0.462 e. The minimum Gasteiger partial charge on any atom is -0.462 e. The fourth-order valence-corrected chi connectivity index (χ4v) is 4.36. The molecule has 0 aliphatic rings. The summed E-state index contributed by atoms with van der Waals surface area (Å²) in [6, 6.07) is 0. The van der Waals surface area contributed by atoms with E-state index in [1.807, 2.05) is 12.2 Å². The van der Waals surface area contributed by atoms with Crippen molar-refractivity contribution in [1.82, 2.24) is 0 Å². The molecule has 0 spiro atoms. The summed E-state index contributed by atoms with van der Waals surface area (Å²) in [5.74, 6) is -1.10. The average molecular weight is 629 g/mol. The lowest BCUT2D eigenvalue weighted by molar-refractivity contribution is -0.161. The summed E-state index contributed by atoms with van der Waals surface area (Å²) in [4.78, 5) is 42.3. The number of esters is 2. The number of unbranched alkanes of at least 4 members (excludes halogenated alkanes) is 9. The summed E-state index contributed by atoms with van der Waals surface area (Å²) >= 11 is 0. The molecule has 0 unspecified atom stereocenters. The number of ether oxygens (including phenoxy) is 2. The highest BCUT2D eigenvalue weighted by molar-refractivity contribution is 7.46. The van der Waals surface area contributed by atoms with Gasteiger partial charge in [-0.2, -0.15) is 0 Å². The molecule has 248 valence electrons. The van der Waals surface area contributed by atoms with Gasteiger partial charge in [0.05, 0.1) is 12.7 Å². The van der Waals surface area contributed by atoms with E-state index >= 15 is 0 Å². The van der Waals surface area contributed by atoms with Gasteiger partial charge in [0.25, 0.3) is 0 Å². The van der Waals surface area contributed by atoms with Crippen molar-refractivity contribution in [2.24, 2.45) is 0 Å². The van der Waals surface area contributed by atoms with Gasteiger partial charge in [0.1, 0.15) is 6.61 Å². The van der Waals surface area contributed by atoms with Crippen LogP contribution < -0.4 is 0 Å². The Kier molecular flexibility index (Phi) is 27.4. The molecule has 0 rings (SSSR count). The van der Waals surface area contributed by atoms with Gasteiger partial charge in [-0.3, -0.25) is 14.1 Å². The number of aliphatic hydroxyl groups excluding tert-OH is 1. The summed E-state index contributed by atoms with van der Waals surface area (Å²) in [7, 11) is -4.79. The van der Waals surface area contributed by atoms with E-state index in [9.17, 15) is 19.3 Å². The van der Waals surface area contributed by atoms with Crippen LogP contribution in [-0.4, -0.2) is 52.3 Å². The first-order valence-corrected chi connectivity index (χ1v) is 17.6. The van der Waals surface area contributed by atoms with Crippen molar-refractivity contribution < 1.29 is 43.0 Å². The topological polar surface area (TPSA) is 140 Å². The maximum atomic E-state index is 12.3. The predicted molar refractivity (Wildman–Crippen MR) is 171 cm³/mol. The van der Waals surface area contributed by atoms with E-state index in [0.29, 0.717) is 19.3 Å². The third-order valence-electron chi connectivity index (χ3n) is 6.45. The van der Waals surface area contributed by atoms with Gasteiger partial charge in [-0.1, -0.05) is 114 Å². The van der Waals surface area contributed by atoms with Gasteiger partial charge in [-0.15, -0.1) is 0 Å². The summed E-state index contributed by atoms with van der Waals surface area (Å²) in [6.07, 6.45) is 28.9. The van der Waals surface area contributed by atoms with Gasteiger partial charge in [0.15, 0.2) is 6.10 Å². The third kappa shape index (κ3) is 31.2. The van der Waals surface area contributed by atoms with Gasteiger partial charge in [-0.05, 0) is 44.9 Å². The molecule has 10 heteroatoms. The van der Waals surface area contributed by atoms with Crippen LogP contribution in [0.3, 0.4) is 0 Å². The van der Waals surface area contributed by atoms with Crippen LogP contribution in [0.25, 0.3) is 0 Å². The number of rotatable bonds is 28. The minimum absolute atomic E-state index is 0.0169. The van der Waals surface area contributed by atoms with Gasteiger partial charge >= 0.3 is 19.8 Å². The van der Waals surface area contributed by atoms with Crippen molar-refractivity contribution in [3.8, 4) is 0 Å². The number of aliphatic hydroxyl groups is 1. The fraction of sp³-hybridized carbons (Fsp3) is 0.697. The lowest BCUT2D eigenvalue weighted by Crippen LogP contribution is -2.29. The minimum atomic E-state index is -4.79. The van der Waals surface area contributed by atoms with Crippen molar-refractivity contribution in [2.75, 3.05) is 13.2 Å². The van der Waals surface area contributed by atoms with E-state index in [2.05, 4.69) is 42.7 Å². The van der Waals surface area contributed by atoms with Crippen molar-refractivity contribution in [1.29, 1.82) is 0 Å². The van der Waals surface area contributed by atoms with Crippen LogP contribution in [0.2, 0.25) is 0 Å². The molecule has 0 aliphatic heterocycles. The van der Waals surface area contributed by atoms with Crippen LogP contribution in [0.4, 0.5) is 0 Å². The zero-order chi connectivity index (χ0) is 32.0. The first-order chi connectivity index (χ1) is 20.7. The Balaban J connectivity index is 4.28. The molecule has 9 nitrogen and oxygen atoms in total. The molecule has 0 saturated carbocycles. The standard InChI is InChI=1S/C33H57O9P/c1-3-5-7-9-11-12-13-14-15-16-18-19-21-24-30(34)25-23-27-33(36)42-31(29-41-43(37,38)39)28-40-32(35)26-22-20-17-10-8-6-4-2/h11-12,14-15,18-19,21,24,30-31,34H,3-10,13,16-17,20,22-23,25-29H2,1-2H3,(H2,37,38,39)/b12-11-,15-14-,19-18-,24-21+/t30-,31+/m0/s1. The molecule has 0 amide bonds. The first kappa shape index (κ1) is 41.0. The Hall–Kier alpha value is -2.03. The molecule has 2 atom stereocenters. The zero-order valence-electron chi connectivity index (χ0n) is 26.4. The maximum Gasteiger partial charge on any atom is 0.469 e. The molecule has 0 radical (unpaired) electrons. The molecule has 0 aliphatic carbocycles. The molecule has 0 bridgehead atoms. The number of carbonyl (C=O) groups is 2. The Labute approximate surface area is 259 Å². The van der Waals surface area contributed by atoms with E-state index in [0.717, 1.165) is 38.5 Å². The molecule has 43 heavy (non-hydrogen) atoms. The molecular weight excluding hydrogens is 571 g/mol. The van der Waals surface area contributed by atoms with Crippen LogP contribution >= 0.6 is 7.82 Å². The maximum absolute atomic E-state index is 12.3. The number of phosphoric acid groups is 1. The van der Waals surface area contributed by atoms with Gasteiger partial charge in [0.2, 0.25) is 0 Å². The van der Waals surface area contributed by atoms with Crippen LogP contribution in [0.1, 0.15) is 123 Å². The quantitative estimate of drug-likeness (QED) is 0.0260. The predicted octanol–water partition coefficient (Wildman–Crippen LogP) is 7.81. The fourth-order valence-electron chi connectivity index (χ4n) is 4.00. The first-order valence-electron chi connectivity index (χ1n) is 16.0. The average Bonchev–Trinajstić information content (AvgIpc) is 2.96. The molecule has 0 aromatic rings. The molecule has 0 aromatic carbocycles. The van der Waals surface area contributed by atoms with Crippen LogP contribution in [0.5, 0.6) is 0 Å². The highest BCUT2D eigenvalue weighted by Gasteiger charge is 2.23. The van der Waals surface area contributed by atoms with Crippen LogP contribution in [0.15, 0.2) is 48.6 Å². The Bertz CT molecular complexity index is 860. The summed E-state index contributed by atoms with van der Waals surface area (Å²) < 4.78 is 25.9. The zero-order valence-corrected chi connectivity index (χ0v) is 27.3. The molecule has 0 saturated heterocycles. The second kappa shape index (κ2) is 28.7. The molecule has 3 N–H and O–H groups in total. The van der Waals surface area contributed by atoms with Gasteiger partial charge in [0, 0.05) is 12.8 Å². The summed E-state index contributed by atoms with van der Waals surface area (Å²) in [6.45, 7) is 3.39. The highest BCUT2D eigenvalue weighted by atomic mass is 31.2. The Morgan fingerprint density at radius 3 is 2.02 bits per heavy atom. The molecule has 0 aromatic heterocycles. The van der Waals surface area contributed by atoms with Gasteiger partial charge < -0.3 is 24.4 Å². The summed E-state index contributed by atoms with van der Waals surface area (Å²) in [5, 5.41) is 10.1. The van der Waals surface area contributed by atoms with E-state index in [1.165, 1.54) is 38.5 Å². The molecular formula is C33H57O9P. The number of hydrogen-bond donors (Lipinski definition) is 3. The van der Waals surface area contributed by atoms with E-state index in [4.69, 9.17) is 19.3 Å². The molecule has 0 fully saturated rings. The van der Waals surface area contributed by atoms with E-state index in [-0.39, 0.29) is 19.4 Å². The number of phosphoric ester groups is 1. The lowest BCUT2D eigenvalue weighted by Gasteiger charge is -2.18. The van der Waals surface area contributed by atoms with Crippen molar-refractivity contribution in [3.63, 3.8) is 0 Å². The second-order valence-corrected chi connectivity index (χ2v) is 11.9. The Morgan fingerprint density at radius 1 is 0.721 bits per heavy atom. The van der Waals surface area contributed by atoms with Gasteiger partial charge in [-0.25, -0.2) is 4.57 Å². The van der Waals surface area contributed by atoms with Crippen molar-refractivity contribution in [3.05, 3.63) is 48.6 Å². The van der Waals surface area contributed by atoms with Crippen LogP contribution in [-0.2, 0) is 28.2 Å². The monoisotopic (exact) mass is 628 g/mol. The number of allylic oxidation sites excluding steroid dienone is 7. The number of hydrogen-bond acceptors (Lipinski definition) is 7. The lowest BCUT2D eigenvalue weighted by atomic mass is 10.1. The largest absolute Gasteiger partial charge is 0.469 e. The SMILES string of the molecule is CCCCC/C=C\C/C=C\C/C=C\C=C\[C@H](O)CCCC(=O)O[C@H](COC(=O)CCCCCCCCC)COP(=O)(O)O. The summed E-state index contributed by atoms with van der Waals surface area (Å²) in [5.41, 5.74) is 0. The number of carbonyl (C=O) groups excluding carboxylic acids is 2. The highest BCUT2D eigenvalue weighted by Crippen LogP contribution is 2.35. The van der Waals surface area contributed by atoms with Crippen molar-refractivity contribution >= 4 is 19.8 Å². The Morgan fingerprint density at radius 2 is 1.33 bits per heavy atom. The van der Waals surface area contributed by atoms with E-state index in [1.54, 1.807) is 12.2 Å². The normalized spacial score (nSPS) is 13.9. The third-order valence-corrected chi connectivity index (χ3v) is 6.94.